The Balaban J connectivity index is 1.59. The van der Waals surface area contributed by atoms with Crippen molar-refractivity contribution < 1.29 is 13.2 Å². The van der Waals surface area contributed by atoms with Crippen LogP contribution < -0.4 is 10.5 Å². The van der Waals surface area contributed by atoms with Crippen molar-refractivity contribution in [2.75, 3.05) is 31.6 Å². The molecule has 1 aromatic rings. The fourth-order valence-corrected chi connectivity index (χ4v) is 3.33. The first-order chi connectivity index (χ1) is 10.4. The van der Waals surface area contributed by atoms with Crippen LogP contribution in [0.2, 0.25) is 5.02 Å². The summed E-state index contributed by atoms with van der Waals surface area (Å²) in [4.78, 5) is 6.38. The highest BCUT2D eigenvalue weighted by molar-refractivity contribution is 7.89. The summed E-state index contributed by atoms with van der Waals surface area (Å²) in [6.45, 7) is 3.19. The number of halogens is 1. The van der Waals surface area contributed by atoms with Gasteiger partial charge in [0, 0.05) is 31.9 Å². The number of pyridine rings is 1. The van der Waals surface area contributed by atoms with Crippen molar-refractivity contribution in [3.8, 4) is 0 Å². The lowest BCUT2D eigenvalue weighted by Crippen LogP contribution is -2.46. The van der Waals surface area contributed by atoms with E-state index in [-0.39, 0.29) is 16.0 Å². The van der Waals surface area contributed by atoms with E-state index in [9.17, 15) is 8.42 Å². The number of morpholine rings is 1. The second-order valence-corrected chi connectivity index (χ2v) is 7.61. The quantitative estimate of drug-likeness (QED) is 0.812. The highest BCUT2D eigenvalue weighted by atomic mass is 35.5. The fraction of sp³-hybridized carbons (Fsp3) is 0.615. The molecule has 7 nitrogen and oxygen atoms in total. The van der Waals surface area contributed by atoms with Crippen molar-refractivity contribution in [2.45, 2.75) is 29.9 Å². The van der Waals surface area contributed by atoms with Gasteiger partial charge in [0.1, 0.15) is 10.7 Å². The molecule has 1 saturated carbocycles. The van der Waals surface area contributed by atoms with Crippen LogP contribution in [0.15, 0.2) is 17.2 Å². The second kappa shape index (κ2) is 6.29. The number of primary sulfonamides is 1. The molecular formula is C13H19ClN4O3S. The molecule has 9 heteroatoms. The van der Waals surface area contributed by atoms with Crippen LogP contribution in [0.5, 0.6) is 0 Å². The van der Waals surface area contributed by atoms with E-state index in [2.05, 4.69) is 15.2 Å². The van der Waals surface area contributed by atoms with E-state index >= 15 is 0 Å². The van der Waals surface area contributed by atoms with Crippen molar-refractivity contribution in [3.63, 3.8) is 0 Å². The van der Waals surface area contributed by atoms with Gasteiger partial charge in [-0.1, -0.05) is 11.6 Å². The van der Waals surface area contributed by atoms with Crippen molar-refractivity contribution >= 4 is 27.4 Å². The minimum Gasteiger partial charge on any atom is -0.374 e. The first-order valence-corrected chi connectivity index (χ1v) is 9.14. The zero-order valence-corrected chi connectivity index (χ0v) is 13.6. The molecule has 122 valence electrons. The molecule has 22 heavy (non-hydrogen) atoms. The summed E-state index contributed by atoms with van der Waals surface area (Å²) < 4.78 is 28.2. The van der Waals surface area contributed by atoms with E-state index in [1.54, 1.807) is 0 Å². The molecule has 0 spiro atoms. The fourth-order valence-electron chi connectivity index (χ4n) is 2.55. The van der Waals surface area contributed by atoms with Crippen LogP contribution in [-0.4, -0.2) is 56.7 Å². The molecule has 1 aliphatic heterocycles. The molecule has 0 bridgehead atoms. The van der Waals surface area contributed by atoms with Crippen LogP contribution in [-0.2, 0) is 14.8 Å². The van der Waals surface area contributed by atoms with E-state index in [1.807, 2.05) is 0 Å². The largest absolute Gasteiger partial charge is 0.374 e. The van der Waals surface area contributed by atoms with Crippen LogP contribution in [0, 0.1) is 0 Å². The highest BCUT2D eigenvalue weighted by Crippen LogP contribution is 2.28. The Labute approximate surface area is 134 Å². The Kier molecular flexibility index (Phi) is 4.56. The number of sulfonamides is 1. The SMILES string of the molecule is NS(=O)(=O)c1cnc(NCC2CN(C3CC3)CCO2)c(Cl)c1. The minimum absolute atomic E-state index is 0.0742. The lowest BCUT2D eigenvalue weighted by molar-refractivity contribution is -0.0241. The second-order valence-electron chi connectivity index (χ2n) is 5.65. The van der Waals surface area contributed by atoms with Gasteiger partial charge in [-0.2, -0.15) is 0 Å². The van der Waals surface area contributed by atoms with Crippen molar-refractivity contribution in [3.05, 3.63) is 17.3 Å². The summed E-state index contributed by atoms with van der Waals surface area (Å²) >= 11 is 6.05. The molecule has 0 radical (unpaired) electrons. The van der Waals surface area contributed by atoms with E-state index < -0.39 is 10.0 Å². The number of hydrogen-bond acceptors (Lipinski definition) is 6. The number of aromatic nitrogens is 1. The number of ether oxygens (including phenoxy) is 1. The number of hydrogen-bond donors (Lipinski definition) is 2. The normalized spacial score (nSPS) is 23.5. The topological polar surface area (TPSA) is 97.6 Å². The summed E-state index contributed by atoms with van der Waals surface area (Å²) in [6.07, 6.45) is 3.83. The van der Waals surface area contributed by atoms with E-state index in [0.717, 1.165) is 25.7 Å². The first kappa shape index (κ1) is 15.9. The number of nitrogens with one attached hydrogen (secondary N) is 1. The molecule has 1 unspecified atom stereocenters. The average molecular weight is 347 g/mol. The van der Waals surface area contributed by atoms with E-state index in [4.69, 9.17) is 21.5 Å². The van der Waals surface area contributed by atoms with Gasteiger partial charge < -0.3 is 10.1 Å². The maximum Gasteiger partial charge on any atom is 0.239 e. The lowest BCUT2D eigenvalue weighted by atomic mass is 10.2. The highest BCUT2D eigenvalue weighted by Gasteiger charge is 2.32. The molecule has 1 saturated heterocycles. The van der Waals surface area contributed by atoms with Gasteiger partial charge in [0.05, 0.1) is 17.7 Å². The number of rotatable bonds is 5. The summed E-state index contributed by atoms with van der Waals surface area (Å²) in [5.74, 6) is 0.432. The third-order valence-electron chi connectivity index (χ3n) is 3.88. The van der Waals surface area contributed by atoms with Crippen molar-refractivity contribution in [1.29, 1.82) is 0 Å². The molecule has 2 fully saturated rings. The molecule has 1 aliphatic carbocycles. The minimum atomic E-state index is -3.79. The van der Waals surface area contributed by atoms with E-state index in [1.165, 1.54) is 25.1 Å². The Hall–Kier alpha value is -0.930. The Morgan fingerprint density at radius 2 is 2.27 bits per heavy atom. The summed E-state index contributed by atoms with van der Waals surface area (Å²) in [6, 6.07) is 2.02. The predicted molar refractivity (Wildman–Crippen MR) is 83.4 cm³/mol. The van der Waals surface area contributed by atoms with Gasteiger partial charge in [-0.05, 0) is 18.9 Å². The van der Waals surface area contributed by atoms with Crippen LogP contribution in [0.25, 0.3) is 0 Å². The van der Waals surface area contributed by atoms with Gasteiger partial charge in [-0.3, -0.25) is 4.90 Å². The lowest BCUT2D eigenvalue weighted by Gasteiger charge is -2.33. The molecule has 2 heterocycles. The summed E-state index contributed by atoms with van der Waals surface area (Å²) in [5.41, 5.74) is 0. The van der Waals surface area contributed by atoms with Crippen LogP contribution in [0.3, 0.4) is 0 Å². The molecule has 0 amide bonds. The number of anilines is 1. The van der Waals surface area contributed by atoms with Crippen LogP contribution in [0.4, 0.5) is 5.82 Å². The van der Waals surface area contributed by atoms with Gasteiger partial charge in [-0.15, -0.1) is 0 Å². The molecular weight excluding hydrogens is 328 g/mol. The molecule has 3 rings (SSSR count). The smallest absolute Gasteiger partial charge is 0.239 e. The van der Waals surface area contributed by atoms with Gasteiger partial charge in [-0.25, -0.2) is 18.5 Å². The first-order valence-electron chi connectivity index (χ1n) is 7.21. The molecule has 1 atom stereocenters. The number of nitrogens with two attached hydrogens (primary N) is 1. The third kappa shape index (κ3) is 3.88. The Bertz CT molecular complexity index is 651. The molecule has 0 aromatic carbocycles. The number of nitrogens with zero attached hydrogens (tertiary/aromatic N) is 2. The average Bonchev–Trinajstić information content (AvgIpc) is 3.30. The summed E-state index contributed by atoms with van der Waals surface area (Å²) in [5, 5.41) is 8.38. The maximum atomic E-state index is 11.2. The zero-order chi connectivity index (χ0) is 15.7. The van der Waals surface area contributed by atoms with Crippen molar-refractivity contribution in [1.82, 2.24) is 9.88 Å². The molecule has 1 aromatic heterocycles. The Morgan fingerprint density at radius 1 is 1.50 bits per heavy atom. The van der Waals surface area contributed by atoms with Gasteiger partial charge in [0.25, 0.3) is 0 Å². The van der Waals surface area contributed by atoms with Gasteiger partial charge >= 0.3 is 0 Å². The molecule has 2 aliphatic rings. The zero-order valence-electron chi connectivity index (χ0n) is 12.0. The van der Waals surface area contributed by atoms with E-state index in [0.29, 0.717) is 12.4 Å². The van der Waals surface area contributed by atoms with Crippen molar-refractivity contribution in [2.24, 2.45) is 5.14 Å². The van der Waals surface area contributed by atoms with Gasteiger partial charge in [0.15, 0.2) is 0 Å². The summed E-state index contributed by atoms with van der Waals surface area (Å²) in [7, 11) is -3.79. The van der Waals surface area contributed by atoms with Crippen LogP contribution >= 0.6 is 11.6 Å². The standard InChI is InChI=1S/C13H19ClN4O3S/c14-12-5-11(22(15,19)20)7-17-13(12)16-6-10-8-18(3-4-21-10)9-1-2-9/h5,7,9-10H,1-4,6,8H2,(H,16,17)(H2,15,19,20). The third-order valence-corrected chi connectivity index (χ3v) is 5.04. The Morgan fingerprint density at radius 3 is 2.91 bits per heavy atom. The maximum absolute atomic E-state index is 11.2. The van der Waals surface area contributed by atoms with Crippen LogP contribution in [0.1, 0.15) is 12.8 Å². The predicted octanol–water partition coefficient (Wildman–Crippen LogP) is 0.658. The molecule has 3 N–H and O–H groups in total. The van der Waals surface area contributed by atoms with Gasteiger partial charge in [0.2, 0.25) is 10.0 Å². The monoisotopic (exact) mass is 346 g/mol.